The van der Waals surface area contributed by atoms with Crippen molar-refractivity contribution >= 4 is 22.9 Å². The summed E-state index contributed by atoms with van der Waals surface area (Å²) in [5.74, 6) is 0.970. The number of thioether (sulfide) groups is 1. The van der Waals surface area contributed by atoms with Gasteiger partial charge < -0.3 is 4.57 Å². The highest BCUT2D eigenvalue weighted by Crippen LogP contribution is 2.23. The smallest absolute Gasteiger partial charge is 0.313 e. The number of unbranched alkanes of at least 4 members (excludes halogenated alkanes) is 4. The first-order valence-electron chi connectivity index (χ1n) is 10.5. The predicted molar refractivity (Wildman–Crippen MR) is 120 cm³/mol. The Hall–Kier alpha value is -2.28. The van der Waals surface area contributed by atoms with Gasteiger partial charge in [-0.3, -0.25) is 14.3 Å². The number of aromatic nitrogens is 4. The molecule has 0 saturated heterocycles. The molecule has 0 amide bonds. The van der Waals surface area contributed by atoms with Gasteiger partial charge in [0.2, 0.25) is 0 Å². The average molecular weight is 415 g/mol. The maximum atomic E-state index is 12.5. The highest BCUT2D eigenvalue weighted by Gasteiger charge is 2.17. The van der Waals surface area contributed by atoms with Gasteiger partial charge in [0.05, 0.1) is 0 Å². The van der Waals surface area contributed by atoms with Gasteiger partial charge in [-0.2, -0.15) is 0 Å². The van der Waals surface area contributed by atoms with Crippen molar-refractivity contribution in [1.82, 2.24) is 19.1 Å². The number of imidazole rings is 1. The van der Waals surface area contributed by atoms with Gasteiger partial charge in [-0.25, -0.2) is 9.78 Å². The molecule has 3 aromatic rings. The number of hydrogen-bond donors (Lipinski definition) is 1. The van der Waals surface area contributed by atoms with Gasteiger partial charge in [-0.15, -0.1) is 0 Å². The summed E-state index contributed by atoms with van der Waals surface area (Å²) in [6, 6.07) is 10.3. The van der Waals surface area contributed by atoms with Crippen LogP contribution in [0.15, 0.2) is 45.1 Å². The summed E-state index contributed by atoms with van der Waals surface area (Å²) in [6.45, 7) is 2.92. The van der Waals surface area contributed by atoms with Crippen LogP contribution in [-0.4, -0.2) is 24.9 Å². The third-order valence-corrected chi connectivity index (χ3v) is 6.20. The Balaban J connectivity index is 1.79. The number of benzene rings is 1. The number of nitrogens with zero attached hydrogens (tertiary/aromatic N) is 3. The average Bonchev–Trinajstić information content (AvgIpc) is 3.09. The Morgan fingerprint density at radius 2 is 1.79 bits per heavy atom. The molecule has 7 heteroatoms. The lowest BCUT2D eigenvalue weighted by atomic mass is 10.1. The van der Waals surface area contributed by atoms with E-state index in [2.05, 4.69) is 29.0 Å². The van der Waals surface area contributed by atoms with Crippen LogP contribution < -0.4 is 11.2 Å². The molecule has 0 radical (unpaired) electrons. The van der Waals surface area contributed by atoms with E-state index in [-0.39, 0.29) is 5.56 Å². The van der Waals surface area contributed by atoms with Crippen LogP contribution in [0.2, 0.25) is 0 Å². The quantitative estimate of drug-likeness (QED) is 0.378. The highest BCUT2D eigenvalue weighted by atomic mass is 32.2. The van der Waals surface area contributed by atoms with Gasteiger partial charge >= 0.3 is 5.69 Å². The van der Waals surface area contributed by atoms with Gasteiger partial charge in [-0.05, 0) is 24.8 Å². The van der Waals surface area contributed by atoms with Crippen molar-refractivity contribution in [2.45, 2.75) is 63.6 Å². The van der Waals surface area contributed by atoms with E-state index in [1.54, 1.807) is 18.8 Å². The first kappa shape index (κ1) is 21.4. The zero-order valence-electron chi connectivity index (χ0n) is 17.3. The normalized spacial score (nSPS) is 11.4. The lowest BCUT2D eigenvalue weighted by molar-refractivity contribution is 0.607. The summed E-state index contributed by atoms with van der Waals surface area (Å²) < 4.78 is 3.42. The number of rotatable bonds is 11. The zero-order valence-corrected chi connectivity index (χ0v) is 18.1. The zero-order chi connectivity index (χ0) is 20.6. The van der Waals surface area contributed by atoms with Gasteiger partial charge in [0.15, 0.2) is 16.3 Å². The molecule has 29 heavy (non-hydrogen) atoms. The molecule has 0 fully saturated rings. The van der Waals surface area contributed by atoms with E-state index in [0.717, 1.165) is 30.2 Å². The molecule has 3 rings (SSSR count). The summed E-state index contributed by atoms with van der Waals surface area (Å²) in [4.78, 5) is 31.6. The molecule has 2 heterocycles. The third-order valence-electron chi connectivity index (χ3n) is 5.14. The van der Waals surface area contributed by atoms with Gasteiger partial charge in [0.25, 0.3) is 5.56 Å². The van der Waals surface area contributed by atoms with E-state index in [1.807, 2.05) is 22.8 Å². The second kappa shape index (κ2) is 10.5. The minimum atomic E-state index is -0.424. The first-order chi connectivity index (χ1) is 14.1. The van der Waals surface area contributed by atoms with Gasteiger partial charge in [-0.1, -0.05) is 74.7 Å². The van der Waals surface area contributed by atoms with Crippen LogP contribution in [-0.2, 0) is 20.0 Å². The number of nitrogens with one attached hydrogen (secondary N) is 1. The van der Waals surface area contributed by atoms with E-state index in [0.29, 0.717) is 17.7 Å². The molecule has 0 atom stereocenters. The Morgan fingerprint density at radius 1 is 1.03 bits per heavy atom. The molecule has 0 aliphatic carbocycles. The lowest BCUT2D eigenvalue weighted by Crippen LogP contribution is -2.29. The standard InChI is InChI=1S/C22H30N4O2S/c1-3-4-5-6-10-16-29-22-23-19-18(20(27)24-21(28)25(19)2)26(22)15-11-14-17-12-8-7-9-13-17/h7-9,12-13H,3-6,10-11,14-16H2,1-2H3,(H,24,27,28). The largest absolute Gasteiger partial charge is 0.329 e. The van der Waals surface area contributed by atoms with Crippen LogP contribution in [0.25, 0.3) is 11.2 Å². The molecule has 1 aromatic carbocycles. The number of H-pyrrole nitrogens is 1. The highest BCUT2D eigenvalue weighted by molar-refractivity contribution is 7.99. The van der Waals surface area contributed by atoms with E-state index in [1.165, 1.54) is 35.8 Å². The fraction of sp³-hybridized carbons (Fsp3) is 0.500. The van der Waals surface area contributed by atoms with Crippen LogP contribution in [0.3, 0.4) is 0 Å². The summed E-state index contributed by atoms with van der Waals surface area (Å²) in [7, 11) is 1.65. The molecule has 0 bridgehead atoms. The summed E-state index contributed by atoms with van der Waals surface area (Å²) >= 11 is 1.68. The van der Waals surface area contributed by atoms with Crippen molar-refractivity contribution in [3.8, 4) is 0 Å². The number of hydrogen-bond acceptors (Lipinski definition) is 4. The molecular formula is C22H30N4O2S. The Bertz CT molecular complexity index is 1040. The molecule has 156 valence electrons. The SMILES string of the molecule is CCCCCCCSc1nc2c(c(=O)[nH]c(=O)n2C)n1CCCc1ccccc1. The number of fused-ring (bicyclic) bond motifs is 1. The second-order valence-corrected chi connectivity index (χ2v) is 8.45. The molecule has 0 aliphatic heterocycles. The Morgan fingerprint density at radius 3 is 2.55 bits per heavy atom. The molecule has 6 nitrogen and oxygen atoms in total. The van der Waals surface area contributed by atoms with Crippen molar-refractivity contribution in [2.75, 3.05) is 5.75 Å². The van der Waals surface area contributed by atoms with Crippen LogP contribution in [0, 0.1) is 0 Å². The van der Waals surface area contributed by atoms with Crippen molar-refractivity contribution < 1.29 is 0 Å². The molecule has 0 spiro atoms. The number of aryl methyl sites for hydroxylation is 3. The van der Waals surface area contributed by atoms with Crippen molar-refractivity contribution in [3.63, 3.8) is 0 Å². The Kier molecular flexibility index (Phi) is 7.75. The predicted octanol–water partition coefficient (Wildman–Crippen LogP) is 4.12. The maximum Gasteiger partial charge on any atom is 0.329 e. The van der Waals surface area contributed by atoms with Crippen LogP contribution in [0.4, 0.5) is 0 Å². The minimum absolute atomic E-state index is 0.356. The van der Waals surface area contributed by atoms with Crippen LogP contribution in [0.5, 0.6) is 0 Å². The van der Waals surface area contributed by atoms with Crippen LogP contribution >= 0.6 is 11.8 Å². The van der Waals surface area contributed by atoms with Crippen LogP contribution in [0.1, 0.15) is 51.0 Å². The topological polar surface area (TPSA) is 72.7 Å². The maximum absolute atomic E-state index is 12.5. The van der Waals surface area contributed by atoms with Crippen molar-refractivity contribution in [2.24, 2.45) is 7.05 Å². The minimum Gasteiger partial charge on any atom is -0.313 e. The Labute approximate surface area is 175 Å². The molecule has 0 aliphatic rings. The summed E-state index contributed by atoms with van der Waals surface area (Å²) in [5, 5.41) is 0.829. The van der Waals surface area contributed by atoms with E-state index < -0.39 is 5.69 Å². The fourth-order valence-electron chi connectivity index (χ4n) is 3.49. The van der Waals surface area contributed by atoms with E-state index in [9.17, 15) is 9.59 Å². The van der Waals surface area contributed by atoms with Gasteiger partial charge in [0.1, 0.15) is 0 Å². The molecule has 2 aromatic heterocycles. The molecular weight excluding hydrogens is 384 g/mol. The second-order valence-electron chi connectivity index (χ2n) is 7.39. The summed E-state index contributed by atoms with van der Waals surface area (Å²) in [5.41, 5.74) is 1.46. The van der Waals surface area contributed by atoms with Gasteiger partial charge in [0, 0.05) is 19.3 Å². The first-order valence-corrected chi connectivity index (χ1v) is 11.5. The molecule has 1 N–H and O–H groups in total. The fourth-order valence-corrected chi connectivity index (χ4v) is 4.51. The van der Waals surface area contributed by atoms with Crippen molar-refractivity contribution in [1.29, 1.82) is 0 Å². The van der Waals surface area contributed by atoms with Crippen molar-refractivity contribution in [3.05, 3.63) is 56.7 Å². The van der Waals surface area contributed by atoms with E-state index >= 15 is 0 Å². The summed E-state index contributed by atoms with van der Waals surface area (Å²) in [6.07, 6.45) is 7.97. The molecule has 0 saturated carbocycles. The van der Waals surface area contributed by atoms with E-state index in [4.69, 9.17) is 0 Å². The molecule has 0 unspecified atom stereocenters. The monoisotopic (exact) mass is 414 g/mol. The lowest BCUT2D eigenvalue weighted by Gasteiger charge is -2.09. The number of aromatic amines is 1. The third kappa shape index (κ3) is 5.41.